The van der Waals surface area contributed by atoms with Gasteiger partial charge in [-0.3, -0.25) is 0 Å². The van der Waals surface area contributed by atoms with Crippen molar-refractivity contribution in [3.63, 3.8) is 0 Å². The first-order valence-electron chi connectivity index (χ1n) is 10.1. The maximum atomic E-state index is 10.0. The van der Waals surface area contributed by atoms with Crippen LogP contribution >= 0.6 is 0 Å². The lowest BCUT2D eigenvalue weighted by atomic mass is 9.87. The third-order valence-corrected chi connectivity index (χ3v) is 5.92. The number of hydrogen-bond donors (Lipinski definition) is 1. The Bertz CT molecular complexity index is 697. The Labute approximate surface area is 160 Å². The van der Waals surface area contributed by atoms with E-state index in [2.05, 4.69) is 46.8 Å². The van der Waals surface area contributed by atoms with Crippen molar-refractivity contribution in [3.8, 4) is 11.5 Å². The molecule has 1 heterocycles. The van der Waals surface area contributed by atoms with E-state index in [1.165, 1.54) is 11.1 Å². The number of phenols is 1. The molecule has 0 radical (unpaired) electrons. The standard InChI is InChI=1S/C24H36O2/c1-7-17(2)10-8-11-18(3)12-9-14-24(6)15-13-21-16-22(25)19(4)20(5)23(21)26-24/h10,12,16,25H,7-9,11,13-15H2,1-6H3/b17-10+,18-12+/t24-/m1/s1. The molecule has 0 unspecified atom stereocenters. The van der Waals surface area contributed by atoms with Crippen LogP contribution in [0.4, 0.5) is 0 Å². The number of fused-ring (bicyclic) bond motifs is 1. The third kappa shape index (κ3) is 5.16. The maximum Gasteiger partial charge on any atom is 0.126 e. The number of allylic oxidation sites excluding steroid dienone is 4. The minimum absolute atomic E-state index is 0.114. The predicted molar refractivity (Wildman–Crippen MR) is 111 cm³/mol. The van der Waals surface area contributed by atoms with Crippen LogP contribution in [0, 0.1) is 13.8 Å². The summed E-state index contributed by atoms with van der Waals surface area (Å²) in [6.45, 7) is 12.9. The molecule has 0 spiro atoms. The van der Waals surface area contributed by atoms with E-state index < -0.39 is 0 Å². The molecule has 1 aliphatic heterocycles. The number of ether oxygens (including phenoxy) is 1. The van der Waals surface area contributed by atoms with Crippen molar-refractivity contribution in [3.05, 3.63) is 46.1 Å². The molecule has 1 N–H and O–H groups in total. The van der Waals surface area contributed by atoms with Gasteiger partial charge < -0.3 is 9.84 Å². The molecular weight excluding hydrogens is 320 g/mol. The predicted octanol–water partition coefficient (Wildman–Crippen LogP) is 6.96. The number of aryl methyl sites for hydroxylation is 1. The van der Waals surface area contributed by atoms with Crippen LogP contribution in [0.5, 0.6) is 11.5 Å². The van der Waals surface area contributed by atoms with Crippen molar-refractivity contribution in [2.24, 2.45) is 0 Å². The number of phenolic OH excluding ortho intramolecular Hbond substituents is 1. The zero-order valence-electron chi connectivity index (χ0n) is 17.5. The fourth-order valence-corrected chi connectivity index (χ4v) is 3.56. The molecule has 1 aromatic rings. The summed E-state index contributed by atoms with van der Waals surface area (Å²) in [5, 5.41) is 10.0. The Morgan fingerprint density at radius 3 is 2.54 bits per heavy atom. The molecule has 1 atom stereocenters. The van der Waals surface area contributed by atoms with Crippen molar-refractivity contribution in [1.82, 2.24) is 0 Å². The van der Waals surface area contributed by atoms with Crippen LogP contribution in [0.1, 0.15) is 82.9 Å². The lowest BCUT2D eigenvalue weighted by molar-refractivity contribution is 0.0560. The monoisotopic (exact) mass is 356 g/mol. The SMILES string of the molecule is CC/C(C)=C/CC/C(C)=C/CC[C@]1(C)CCc2cc(O)c(C)c(C)c2O1. The smallest absolute Gasteiger partial charge is 0.126 e. The van der Waals surface area contributed by atoms with Gasteiger partial charge in [0.15, 0.2) is 0 Å². The van der Waals surface area contributed by atoms with Gasteiger partial charge in [-0.25, -0.2) is 0 Å². The summed E-state index contributed by atoms with van der Waals surface area (Å²) in [7, 11) is 0. The molecule has 2 heteroatoms. The van der Waals surface area contributed by atoms with Gasteiger partial charge in [-0.05, 0) is 102 Å². The lowest BCUT2D eigenvalue weighted by Gasteiger charge is -2.37. The summed E-state index contributed by atoms with van der Waals surface area (Å²) in [4.78, 5) is 0. The van der Waals surface area contributed by atoms with Gasteiger partial charge in [-0.15, -0.1) is 0 Å². The average molecular weight is 357 g/mol. The van der Waals surface area contributed by atoms with Crippen LogP contribution in [0.15, 0.2) is 29.4 Å². The van der Waals surface area contributed by atoms with Crippen LogP contribution in [-0.4, -0.2) is 10.7 Å². The normalized spacial score (nSPS) is 20.7. The summed E-state index contributed by atoms with van der Waals surface area (Å²) in [5.41, 5.74) is 6.00. The summed E-state index contributed by atoms with van der Waals surface area (Å²) in [5.74, 6) is 1.38. The van der Waals surface area contributed by atoms with Crippen LogP contribution in [0.25, 0.3) is 0 Å². The molecule has 26 heavy (non-hydrogen) atoms. The van der Waals surface area contributed by atoms with E-state index in [4.69, 9.17) is 4.74 Å². The van der Waals surface area contributed by atoms with E-state index >= 15 is 0 Å². The zero-order valence-corrected chi connectivity index (χ0v) is 17.5. The van der Waals surface area contributed by atoms with Gasteiger partial charge in [0.05, 0.1) is 0 Å². The fourth-order valence-electron chi connectivity index (χ4n) is 3.56. The molecule has 0 amide bonds. The van der Waals surface area contributed by atoms with E-state index in [0.717, 1.165) is 67.4 Å². The van der Waals surface area contributed by atoms with E-state index in [1.807, 2.05) is 13.0 Å². The molecule has 0 saturated heterocycles. The highest BCUT2D eigenvalue weighted by molar-refractivity contribution is 5.53. The minimum atomic E-state index is -0.114. The highest BCUT2D eigenvalue weighted by atomic mass is 16.5. The summed E-state index contributed by atoms with van der Waals surface area (Å²) in [6.07, 6.45) is 12.3. The molecule has 144 valence electrons. The number of rotatable bonds is 7. The van der Waals surface area contributed by atoms with Gasteiger partial charge in [0.2, 0.25) is 0 Å². The third-order valence-electron chi connectivity index (χ3n) is 5.92. The van der Waals surface area contributed by atoms with Crippen molar-refractivity contribution in [2.75, 3.05) is 0 Å². The second-order valence-electron chi connectivity index (χ2n) is 8.22. The topological polar surface area (TPSA) is 29.5 Å². The summed E-state index contributed by atoms with van der Waals surface area (Å²) < 4.78 is 6.45. The number of aromatic hydroxyl groups is 1. The highest BCUT2D eigenvalue weighted by Crippen LogP contribution is 2.41. The fraction of sp³-hybridized carbons (Fsp3) is 0.583. The largest absolute Gasteiger partial charge is 0.508 e. The molecule has 2 nitrogen and oxygen atoms in total. The minimum Gasteiger partial charge on any atom is -0.508 e. The average Bonchev–Trinajstić information content (AvgIpc) is 2.60. The molecule has 1 aliphatic rings. The number of benzene rings is 1. The first kappa shape index (κ1) is 20.6. The second-order valence-corrected chi connectivity index (χ2v) is 8.22. The van der Waals surface area contributed by atoms with Gasteiger partial charge in [0.25, 0.3) is 0 Å². The van der Waals surface area contributed by atoms with Crippen LogP contribution in [-0.2, 0) is 6.42 Å². The van der Waals surface area contributed by atoms with Crippen molar-refractivity contribution in [2.45, 2.75) is 92.1 Å². The van der Waals surface area contributed by atoms with Crippen molar-refractivity contribution >= 4 is 0 Å². The number of hydrogen-bond acceptors (Lipinski definition) is 2. The Balaban J connectivity index is 1.94. The first-order chi connectivity index (χ1) is 12.3. The van der Waals surface area contributed by atoms with E-state index in [9.17, 15) is 5.11 Å². The van der Waals surface area contributed by atoms with Crippen LogP contribution < -0.4 is 4.74 Å². The van der Waals surface area contributed by atoms with Gasteiger partial charge in [0.1, 0.15) is 17.1 Å². The van der Waals surface area contributed by atoms with Crippen LogP contribution in [0.3, 0.4) is 0 Å². The Hall–Kier alpha value is -1.70. The van der Waals surface area contributed by atoms with Gasteiger partial charge in [-0.2, -0.15) is 0 Å². The second kappa shape index (κ2) is 8.79. The van der Waals surface area contributed by atoms with E-state index in [-0.39, 0.29) is 5.60 Å². The molecule has 1 aromatic carbocycles. The van der Waals surface area contributed by atoms with E-state index in [1.54, 1.807) is 0 Å². The maximum absolute atomic E-state index is 10.0. The summed E-state index contributed by atoms with van der Waals surface area (Å²) >= 11 is 0. The molecule has 0 saturated carbocycles. The van der Waals surface area contributed by atoms with Crippen molar-refractivity contribution < 1.29 is 9.84 Å². The Kier molecular flexibility index (Phi) is 6.97. The molecule has 0 bridgehead atoms. The van der Waals surface area contributed by atoms with Gasteiger partial charge in [0, 0.05) is 0 Å². The van der Waals surface area contributed by atoms with Crippen molar-refractivity contribution in [1.29, 1.82) is 0 Å². The Morgan fingerprint density at radius 1 is 1.15 bits per heavy atom. The summed E-state index contributed by atoms with van der Waals surface area (Å²) in [6, 6.07) is 1.88. The molecule has 0 aliphatic carbocycles. The first-order valence-corrected chi connectivity index (χ1v) is 10.1. The van der Waals surface area contributed by atoms with Gasteiger partial charge in [-0.1, -0.05) is 30.2 Å². The van der Waals surface area contributed by atoms with Crippen LogP contribution in [0.2, 0.25) is 0 Å². The van der Waals surface area contributed by atoms with Gasteiger partial charge >= 0.3 is 0 Å². The molecule has 2 rings (SSSR count). The molecule has 0 aromatic heterocycles. The molecule has 0 fully saturated rings. The zero-order chi connectivity index (χ0) is 19.3. The molecular formula is C24H36O2. The lowest BCUT2D eigenvalue weighted by Crippen LogP contribution is -2.36. The van der Waals surface area contributed by atoms with E-state index in [0.29, 0.717) is 5.75 Å². The Morgan fingerprint density at radius 2 is 1.85 bits per heavy atom. The quantitative estimate of drug-likeness (QED) is 0.535. The highest BCUT2D eigenvalue weighted by Gasteiger charge is 2.32.